The minimum Gasteiger partial charge on any atom is -0.490 e. The Morgan fingerprint density at radius 1 is 1.26 bits per heavy atom. The van der Waals surface area contributed by atoms with E-state index in [0.717, 1.165) is 23.5 Å². The zero-order valence-electron chi connectivity index (χ0n) is 17.1. The van der Waals surface area contributed by atoms with Gasteiger partial charge in [-0.3, -0.25) is 9.71 Å². The zero-order chi connectivity index (χ0) is 22.0. The topological polar surface area (TPSA) is 80.8 Å². The number of nitrogens with zero attached hydrogens (tertiary/aromatic N) is 2. The molecule has 0 spiro atoms. The Morgan fingerprint density at radius 2 is 2.10 bits per heavy atom. The van der Waals surface area contributed by atoms with Gasteiger partial charge in [0.05, 0.1) is 23.3 Å². The van der Waals surface area contributed by atoms with Crippen molar-refractivity contribution in [3.63, 3.8) is 0 Å². The molecule has 0 bridgehead atoms. The van der Waals surface area contributed by atoms with Crippen LogP contribution in [0, 0.1) is 6.92 Å². The number of anilines is 2. The molecule has 1 aliphatic heterocycles. The maximum atomic E-state index is 12.9. The quantitative estimate of drug-likeness (QED) is 0.593. The fourth-order valence-corrected chi connectivity index (χ4v) is 4.87. The highest BCUT2D eigenvalue weighted by atomic mass is 35.5. The summed E-state index contributed by atoms with van der Waals surface area (Å²) in [6.07, 6.45) is 2.96. The van der Waals surface area contributed by atoms with E-state index >= 15 is 0 Å². The molecular weight excluding hydrogens is 438 g/mol. The Hall–Kier alpha value is -2.97. The summed E-state index contributed by atoms with van der Waals surface area (Å²) in [5.41, 5.74) is 2.66. The molecule has 1 aromatic heterocycles. The number of nitrogens with one attached hydrogen (secondary N) is 1. The first-order valence-electron chi connectivity index (χ1n) is 9.67. The van der Waals surface area contributed by atoms with Gasteiger partial charge in [-0.15, -0.1) is 0 Å². The lowest BCUT2D eigenvalue weighted by atomic mass is 10.1. The highest BCUT2D eigenvalue weighted by Gasteiger charge is 2.20. The second-order valence-corrected chi connectivity index (χ2v) is 9.26. The average molecular weight is 460 g/mol. The molecule has 1 N–H and O–H groups in total. The second-order valence-electron chi connectivity index (χ2n) is 7.20. The summed E-state index contributed by atoms with van der Waals surface area (Å²) in [5.74, 6) is 1.18. The number of hydrogen-bond donors (Lipinski definition) is 1. The van der Waals surface area contributed by atoms with Crippen LogP contribution in [0.25, 0.3) is 0 Å². The average Bonchev–Trinajstić information content (AvgIpc) is 2.75. The molecule has 0 saturated carbocycles. The van der Waals surface area contributed by atoms with Gasteiger partial charge >= 0.3 is 0 Å². The van der Waals surface area contributed by atoms with Crippen molar-refractivity contribution in [2.45, 2.75) is 18.4 Å². The normalized spacial score (nSPS) is 13.3. The number of hydrogen-bond acceptors (Lipinski definition) is 6. The zero-order valence-corrected chi connectivity index (χ0v) is 18.7. The number of halogens is 1. The maximum absolute atomic E-state index is 12.9. The Balaban J connectivity index is 1.54. The molecule has 4 rings (SSSR count). The van der Waals surface area contributed by atoms with Crippen molar-refractivity contribution in [3.05, 3.63) is 71.0 Å². The summed E-state index contributed by atoms with van der Waals surface area (Å²) in [6, 6.07) is 12.3. The number of rotatable bonds is 6. The highest BCUT2D eigenvalue weighted by Crippen LogP contribution is 2.33. The standard InChI is InChI=1S/C22H22ClN3O4S/c1-15-17(23)4-3-5-22(15)31(27,28)25-18-13-24-9-8-20(18)30-14-16-6-7-19-21(12-16)29-11-10-26(19)2/h3-9,12-13,25H,10-11,14H2,1-2H3. The predicted molar refractivity (Wildman–Crippen MR) is 121 cm³/mol. The van der Waals surface area contributed by atoms with Gasteiger partial charge in [0.2, 0.25) is 0 Å². The lowest BCUT2D eigenvalue weighted by Crippen LogP contribution is -2.28. The molecule has 0 radical (unpaired) electrons. The van der Waals surface area contributed by atoms with Crippen LogP contribution in [0.5, 0.6) is 11.5 Å². The van der Waals surface area contributed by atoms with Crippen LogP contribution in [0.3, 0.4) is 0 Å². The van der Waals surface area contributed by atoms with Crippen LogP contribution >= 0.6 is 11.6 Å². The number of sulfonamides is 1. The van der Waals surface area contributed by atoms with E-state index in [2.05, 4.69) is 14.6 Å². The summed E-state index contributed by atoms with van der Waals surface area (Å²) in [5, 5.41) is 0.380. The number of ether oxygens (including phenoxy) is 2. The van der Waals surface area contributed by atoms with Crippen LogP contribution in [0.1, 0.15) is 11.1 Å². The fourth-order valence-electron chi connectivity index (χ4n) is 3.32. The molecule has 2 aromatic carbocycles. The lowest BCUT2D eigenvalue weighted by molar-refractivity contribution is 0.298. The van der Waals surface area contributed by atoms with Gasteiger partial charge in [0.15, 0.2) is 0 Å². The molecule has 3 aromatic rings. The summed E-state index contributed by atoms with van der Waals surface area (Å²) >= 11 is 6.09. The molecule has 0 atom stereocenters. The van der Waals surface area contributed by atoms with E-state index in [4.69, 9.17) is 21.1 Å². The van der Waals surface area contributed by atoms with E-state index in [9.17, 15) is 8.42 Å². The number of pyridine rings is 1. The van der Waals surface area contributed by atoms with Crippen LogP contribution in [0.2, 0.25) is 5.02 Å². The third kappa shape index (κ3) is 4.55. The molecule has 2 heterocycles. The first-order chi connectivity index (χ1) is 14.8. The Labute approximate surface area is 186 Å². The Bertz CT molecular complexity index is 1220. The van der Waals surface area contributed by atoms with Crippen molar-refractivity contribution < 1.29 is 17.9 Å². The van der Waals surface area contributed by atoms with Gasteiger partial charge in [-0.25, -0.2) is 8.42 Å². The van der Waals surface area contributed by atoms with Gasteiger partial charge in [-0.05, 0) is 42.3 Å². The molecule has 0 unspecified atom stereocenters. The third-order valence-corrected chi connectivity index (χ3v) is 6.97. The van der Waals surface area contributed by atoms with Crippen LogP contribution in [-0.2, 0) is 16.6 Å². The smallest absolute Gasteiger partial charge is 0.262 e. The lowest BCUT2D eigenvalue weighted by Gasteiger charge is -2.28. The van der Waals surface area contributed by atoms with E-state index < -0.39 is 10.0 Å². The summed E-state index contributed by atoms with van der Waals surface area (Å²) in [7, 11) is -1.85. The van der Waals surface area contributed by atoms with Crippen molar-refractivity contribution in [1.82, 2.24) is 4.98 Å². The number of aromatic nitrogens is 1. The van der Waals surface area contributed by atoms with Gasteiger partial charge < -0.3 is 14.4 Å². The number of benzene rings is 2. The van der Waals surface area contributed by atoms with E-state index in [1.54, 1.807) is 31.3 Å². The Morgan fingerprint density at radius 3 is 2.94 bits per heavy atom. The van der Waals surface area contributed by atoms with Gasteiger partial charge in [-0.1, -0.05) is 23.7 Å². The SMILES string of the molecule is Cc1c(Cl)cccc1S(=O)(=O)Nc1cnccc1OCc1ccc2c(c1)OCCN2C. The van der Waals surface area contributed by atoms with Crippen molar-refractivity contribution in [2.24, 2.45) is 0 Å². The predicted octanol–water partition coefficient (Wildman–Crippen LogP) is 4.25. The van der Waals surface area contributed by atoms with Crippen molar-refractivity contribution in [2.75, 3.05) is 29.8 Å². The van der Waals surface area contributed by atoms with Crippen molar-refractivity contribution in [1.29, 1.82) is 0 Å². The monoisotopic (exact) mass is 459 g/mol. The van der Waals surface area contributed by atoms with Crippen LogP contribution in [0.15, 0.2) is 59.8 Å². The number of fused-ring (bicyclic) bond motifs is 1. The Kier molecular flexibility index (Phi) is 5.93. The van der Waals surface area contributed by atoms with Gasteiger partial charge in [0.1, 0.15) is 30.4 Å². The molecule has 1 aliphatic rings. The van der Waals surface area contributed by atoms with E-state index in [0.29, 0.717) is 22.9 Å². The first kappa shape index (κ1) is 21.3. The fraction of sp³-hybridized carbons (Fsp3) is 0.227. The summed E-state index contributed by atoms with van der Waals surface area (Å²) in [4.78, 5) is 6.26. The first-order valence-corrected chi connectivity index (χ1v) is 11.5. The minimum absolute atomic E-state index is 0.103. The molecule has 7 nitrogen and oxygen atoms in total. The van der Waals surface area contributed by atoms with E-state index in [-0.39, 0.29) is 17.2 Å². The van der Waals surface area contributed by atoms with Gasteiger partial charge in [0.25, 0.3) is 10.0 Å². The number of likely N-dealkylation sites (N-methyl/N-ethyl adjacent to an activating group) is 1. The minimum atomic E-state index is -3.87. The maximum Gasteiger partial charge on any atom is 0.262 e. The molecule has 162 valence electrons. The van der Waals surface area contributed by atoms with Crippen LogP contribution in [-0.4, -0.2) is 33.6 Å². The third-order valence-electron chi connectivity index (χ3n) is 5.05. The molecule has 0 saturated heterocycles. The molecule has 31 heavy (non-hydrogen) atoms. The molecule has 0 aliphatic carbocycles. The van der Waals surface area contributed by atoms with Gasteiger partial charge in [0, 0.05) is 24.3 Å². The second kappa shape index (κ2) is 8.64. The summed E-state index contributed by atoms with van der Waals surface area (Å²) < 4.78 is 40.0. The molecule has 9 heteroatoms. The van der Waals surface area contributed by atoms with Crippen LogP contribution in [0.4, 0.5) is 11.4 Å². The molecule has 0 amide bonds. The van der Waals surface area contributed by atoms with Crippen LogP contribution < -0.4 is 19.1 Å². The highest BCUT2D eigenvalue weighted by molar-refractivity contribution is 7.92. The van der Waals surface area contributed by atoms with Crippen molar-refractivity contribution >= 4 is 33.0 Å². The van der Waals surface area contributed by atoms with E-state index in [1.165, 1.54) is 12.3 Å². The molecular formula is C22H22ClN3O4S. The van der Waals surface area contributed by atoms with Gasteiger partial charge in [-0.2, -0.15) is 0 Å². The van der Waals surface area contributed by atoms with E-state index in [1.807, 2.05) is 25.2 Å². The summed E-state index contributed by atoms with van der Waals surface area (Å²) in [6.45, 7) is 3.38. The largest absolute Gasteiger partial charge is 0.490 e. The van der Waals surface area contributed by atoms with Crippen molar-refractivity contribution in [3.8, 4) is 11.5 Å². The molecule has 0 fully saturated rings.